The molecule has 0 radical (unpaired) electrons. The number of aryl methyl sites for hydroxylation is 2. The minimum atomic E-state index is -0.104. The van der Waals surface area contributed by atoms with E-state index in [1.165, 1.54) is 24.0 Å². The summed E-state index contributed by atoms with van der Waals surface area (Å²) in [5, 5.41) is 3.09. The number of hydrogen-bond donors (Lipinski definition) is 1. The third-order valence-electron chi connectivity index (χ3n) is 5.80. The Hall–Kier alpha value is -2.49. The first kappa shape index (κ1) is 21.2. The fraction of sp³-hybridized carbons (Fsp3) is 0.480. The highest BCUT2D eigenvalue weighted by Crippen LogP contribution is 2.32. The van der Waals surface area contributed by atoms with E-state index in [1.54, 1.807) is 7.11 Å². The number of methoxy groups -OCH3 is 1. The Balaban J connectivity index is 1.66. The molecule has 0 aromatic heterocycles. The highest BCUT2D eigenvalue weighted by molar-refractivity contribution is 5.78. The number of fused-ring (bicyclic) bond motifs is 1. The smallest absolute Gasteiger partial charge is 0.258 e. The second-order valence-corrected chi connectivity index (χ2v) is 8.28. The summed E-state index contributed by atoms with van der Waals surface area (Å²) < 4.78 is 11.4. The molecule has 3 rings (SSSR count). The van der Waals surface area contributed by atoms with Crippen molar-refractivity contribution in [2.75, 3.05) is 13.7 Å². The lowest BCUT2D eigenvalue weighted by molar-refractivity contribution is -0.123. The number of carbonyl (C=O) groups excluding carboxylic acids is 1. The second-order valence-electron chi connectivity index (χ2n) is 8.28. The van der Waals surface area contributed by atoms with Crippen molar-refractivity contribution in [2.24, 2.45) is 0 Å². The summed E-state index contributed by atoms with van der Waals surface area (Å²) in [5.41, 5.74) is 6.00. The van der Waals surface area contributed by atoms with Gasteiger partial charge in [-0.05, 0) is 91.5 Å². The van der Waals surface area contributed by atoms with Gasteiger partial charge in [-0.2, -0.15) is 0 Å². The Labute approximate surface area is 174 Å². The molecule has 4 nitrogen and oxygen atoms in total. The molecule has 29 heavy (non-hydrogen) atoms. The maximum atomic E-state index is 12.6. The van der Waals surface area contributed by atoms with Crippen molar-refractivity contribution in [2.45, 2.75) is 65.3 Å². The van der Waals surface area contributed by atoms with Gasteiger partial charge in [0.15, 0.2) is 6.61 Å². The van der Waals surface area contributed by atoms with Crippen molar-refractivity contribution in [3.05, 3.63) is 58.1 Å². The van der Waals surface area contributed by atoms with Crippen molar-refractivity contribution < 1.29 is 14.3 Å². The number of amides is 1. The zero-order valence-corrected chi connectivity index (χ0v) is 18.3. The minimum Gasteiger partial charge on any atom is -0.496 e. The number of carbonyl (C=O) groups is 1. The third kappa shape index (κ3) is 4.92. The van der Waals surface area contributed by atoms with Gasteiger partial charge in [0.1, 0.15) is 11.5 Å². The molecule has 0 heterocycles. The van der Waals surface area contributed by atoms with Crippen molar-refractivity contribution in [1.82, 2.24) is 5.32 Å². The van der Waals surface area contributed by atoms with E-state index in [0.29, 0.717) is 5.92 Å². The third-order valence-corrected chi connectivity index (χ3v) is 5.80. The number of benzene rings is 2. The van der Waals surface area contributed by atoms with Gasteiger partial charge in [0.05, 0.1) is 13.2 Å². The Kier molecular flexibility index (Phi) is 6.83. The SMILES string of the molecule is COc1cc(C)c([C@@H](C)NC(=O)COc2cccc3c2CCCC3)cc1C(C)C. The molecule has 1 N–H and O–H groups in total. The molecule has 1 aliphatic rings. The van der Waals surface area contributed by atoms with Crippen LogP contribution in [0.5, 0.6) is 11.5 Å². The molecule has 1 atom stereocenters. The van der Waals surface area contributed by atoms with Crippen LogP contribution in [0.1, 0.15) is 73.4 Å². The molecule has 0 fully saturated rings. The summed E-state index contributed by atoms with van der Waals surface area (Å²) in [6, 6.07) is 10.3. The van der Waals surface area contributed by atoms with E-state index in [1.807, 2.05) is 19.1 Å². The molecule has 2 aromatic rings. The van der Waals surface area contributed by atoms with Gasteiger partial charge < -0.3 is 14.8 Å². The highest BCUT2D eigenvalue weighted by Gasteiger charge is 2.18. The lowest BCUT2D eigenvalue weighted by atomic mass is 9.91. The van der Waals surface area contributed by atoms with Crippen molar-refractivity contribution in [3.8, 4) is 11.5 Å². The van der Waals surface area contributed by atoms with E-state index in [9.17, 15) is 4.79 Å². The van der Waals surface area contributed by atoms with E-state index >= 15 is 0 Å². The first-order valence-electron chi connectivity index (χ1n) is 10.6. The Morgan fingerprint density at radius 2 is 1.83 bits per heavy atom. The summed E-state index contributed by atoms with van der Waals surface area (Å²) in [7, 11) is 1.70. The van der Waals surface area contributed by atoms with Gasteiger partial charge in [-0.25, -0.2) is 0 Å². The number of hydrogen-bond acceptors (Lipinski definition) is 3. The molecule has 0 saturated carbocycles. The van der Waals surface area contributed by atoms with E-state index in [4.69, 9.17) is 9.47 Å². The topological polar surface area (TPSA) is 47.6 Å². The van der Waals surface area contributed by atoms with Gasteiger partial charge in [0, 0.05) is 0 Å². The fourth-order valence-electron chi connectivity index (χ4n) is 4.20. The van der Waals surface area contributed by atoms with Gasteiger partial charge in [-0.3, -0.25) is 4.79 Å². The van der Waals surface area contributed by atoms with Crippen LogP contribution in [-0.2, 0) is 17.6 Å². The average molecular weight is 396 g/mol. The van der Waals surface area contributed by atoms with Crippen LogP contribution in [0.3, 0.4) is 0 Å². The van der Waals surface area contributed by atoms with Crippen LogP contribution in [0.2, 0.25) is 0 Å². The van der Waals surface area contributed by atoms with E-state index in [2.05, 4.69) is 44.3 Å². The summed E-state index contributed by atoms with van der Waals surface area (Å²) in [6.45, 7) is 8.40. The van der Waals surface area contributed by atoms with E-state index < -0.39 is 0 Å². The average Bonchev–Trinajstić information content (AvgIpc) is 2.71. The van der Waals surface area contributed by atoms with Crippen LogP contribution in [0.25, 0.3) is 0 Å². The predicted octanol–water partition coefficient (Wildman–Crippen LogP) is 5.26. The zero-order valence-electron chi connectivity index (χ0n) is 18.3. The Morgan fingerprint density at radius 3 is 2.55 bits per heavy atom. The van der Waals surface area contributed by atoms with Crippen LogP contribution in [0, 0.1) is 6.92 Å². The molecule has 0 spiro atoms. The maximum absolute atomic E-state index is 12.6. The van der Waals surface area contributed by atoms with Crippen molar-refractivity contribution in [3.63, 3.8) is 0 Å². The molecule has 0 bridgehead atoms. The van der Waals surface area contributed by atoms with Crippen LogP contribution < -0.4 is 14.8 Å². The zero-order chi connectivity index (χ0) is 21.0. The van der Waals surface area contributed by atoms with Crippen molar-refractivity contribution >= 4 is 5.91 Å². The molecule has 0 saturated heterocycles. The molecule has 4 heteroatoms. The molecule has 2 aromatic carbocycles. The standard InChI is InChI=1S/C25H33NO3/c1-16(2)21-14-22(17(3)13-24(21)28-5)18(4)26-25(27)15-29-23-12-8-10-19-9-6-7-11-20(19)23/h8,10,12-14,16,18H,6-7,9,11,15H2,1-5H3,(H,26,27)/t18-/m1/s1. The Morgan fingerprint density at radius 1 is 1.07 bits per heavy atom. The van der Waals surface area contributed by atoms with E-state index in [-0.39, 0.29) is 18.6 Å². The lowest BCUT2D eigenvalue weighted by Crippen LogP contribution is -2.32. The monoisotopic (exact) mass is 395 g/mol. The second kappa shape index (κ2) is 9.34. The van der Waals surface area contributed by atoms with Crippen LogP contribution in [0.4, 0.5) is 0 Å². The predicted molar refractivity (Wildman–Crippen MR) is 117 cm³/mol. The van der Waals surface area contributed by atoms with E-state index in [0.717, 1.165) is 41.0 Å². The first-order chi connectivity index (χ1) is 13.9. The molecule has 1 aliphatic carbocycles. The molecular weight excluding hydrogens is 362 g/mol. The lowest BCUT2D eigenvalue weighted by Gasteiger charge is -2.22. The van der Waals surface area contributed by atoms with Crippen LogP contribution >= 0.6 is 0 Å². The molecule has 0 aliphatic heterocycles. The quantitative estimate of drug-likeness (QED) is 0.695. The largest absolute Gasteiger partial charge is 0.496 e. The van der Waals surface area contributed by atoms with Gasteiger partial charge in [-0.15, -0.1) is 0 Å². The van der Waals surface area contributed by atoms with Gasteiger partial charge in [0.25, 0.3) is 5.91 Å². The molecule has 156 valence electrons. The summed E-state index contributed by atoms with van der Waals surface area (Å²) in [5.74, 6) is 2.00. The summed E-state index contributed by atoms with van der Waals surface area (Å²) in [6.07, 6.45) is 4.55. The fourth-order valence-corrected chi connectivity index (χ4v) is 4.20. The van der Waals surface area contributed by atoms with Crippen LogP contribution in [0.15, 0.2) is 30.3 Å². The van der Waals surface area contributed by atoms with Crippen molar-refractivity contribution in [1.29, 1.82) is 0 Å². The highest BCUT2D eigenvalue weighted by atomic mass is 16.5. The Bertz CT molecular complexity index is 873. The van der Waals surface area contributed by atoms with Gasteiger partial charge >= 0.3 is 0 Å². The van der Waals surface area contributed by atoms with Gasteiger partial charge in [0.2, 0.25) is 0 Å². The van der Waals surface area contributed by atoms with Crippen LogP contribution in [-0.4, -0.2) is 19.6 Å². The number of rotatable bonds is 7. The summed E-state index contributed by atoms with van der Waals surface area (Å²) >= 11 is 0. The normalized spacial score (nSPS) is 14.3. The first-order valence-corrected chi connectivity index (χ1v) is 10.6. The molecule has 1 amide bonds. The minimum absolute atomic E-state index is 0.0348. The number of ether oxygens (including phenoxy) is 2. The van der Waals surface area contributed by atoms with Gasteiger partial charge in [-0.1, -0.05) is 26.0 Å². The molecule has 0 unspecified atom stereocenters. The number of nitrogens with one attached hydrogen (secondary N) is 1. The summed E-state index contributed by atoms with van der Waals surface area (Å²) in [4.78, 5) is 12.6. The maximum Gasteiger partial charge on any atom is 0.258 e. The molecular formula is C25H33NO3.